The fourth-order valence-electron chi connectivity index (χ4n) is 1.28. The van der Waals surface area contributed by atoms with Gasteiger partial charge in [-0.05, 0) is 12.1 Å². The highest BCUT2D eigenvalue weighted by molar-refractivity contribution is 6.31. The molecule has 7 nitrogen and oxygen atoms in total. The van der Waals surface area contributed by atoms with Crippen LogP contribution in [-0.2, 0) is 4.79 Å². The molecule has 0 aliphatic heterocycles. The van der Waals surface area contributed by atoms with Crippen LogP contribution in [0.3, 0.4) is 0 Å². The highest BCUT2D eigenvalue weighted by Gasteiger charge is 2.09. The van der Waals surface area contributed by atoms with Crippen molar-refractivity contribution in [1.29, 1.82) is 0 Å². The predicted molar refractivity (Wildman–Crippen MR) is 73.0 cm³/mol. The summed E-state index contributed by atoms with van der Waals surface area (Å²) in [5.74, 6) is -0.638. The third-order valence-corrected chi connectivity index (χ3v) is 2.64. The lowest BCUT2D eigenvalue weighted by Crippen LogP contribution is -2.40. The summed E-state index contributed by atoms with van der Waals surface area (Å²) in [6.45, 7) is 0.631. The van der Waals surface area contributed by atoms with E-state index in [9.17, 15) is 9.59 Å². The Morgan fingerprint density at radius 2 is 2.30 bits per heavy atom. The summed E-state index contributed by atoms with van der Waals surface area (Å²) in [6.07, 6.45) is 1.46. The number of carbonyl (C=O) groups excluding carboxylic acids is 1. The summed E-state index contributed by atoms with van der Waals surface area (Å²) in [5, 5.41) is 11.5. The summed E-state index contributed by atoms with van der Waals surface area (Å²) < 4.78 is 5.29. The number of nitrogens with zero attached hydrogens (tertiary/aromatic N) is 2. The zero-order valence-corrected chi connectivity index (χ0v) is 11.8. The number of carboxylic acid groups (broad SMARTS) is 1. The molecule has 0 atom stereocenters. The van der Waals surface area contributed by atoms with Gasteiger partial charge in [-0.1, -0.05) is 11.6 Å². The van der Waals surface area contributed by atoms with E-state index >= 15 is 0 Å². The van der Waals surface area contributed by atoms with E-state index in [1.807, 2.05) is 0 Å². The Labute approximate surface area is 121 Å². The number of nitrogens with one attached hydrogen (secondary N) is 1. The van der Waals surface area contributed by atoms with Crippen LogP contribution in [0, 0.1) is 0 Å². The van der Waals surface area contributed by atoms with Gasteiger partial charge in [0.15, 0.2) is 0 Å². The second-order valence-electron chi connectivity index (χ2n) is 3.94. The molecule has 2 N–H and O–H groups in total. The summed E-state index contributed by atoms with van der Waals surface area (Å²) in [5.41, 5.74) is 0. The average molecular weight is 302 g/mol. The van der Waals surface area contributed by atoms with E-state index in [1.54, 1.807) is 18.3 Å². The first-order chi connectivity index (χ1) is 9.50. The van der Waals surface area contributed by atoms with Crippen molar-refractivity contribution in [1.82, 2.24) is 15.2 Å². The Balaban J connectivity index is 2.22. The first-order valence-electron chi connectivity index (χ1n) is 5.94. The molecule has 0 spiro atoms. The average Bonchev–Trinajstić information content (AvgIpc) is 2.42. The second-order valence-corrected chi connectivity index (χ2v) is 4.34. The van der Waals surface area contributed by atoms with Crippen molar-refractivity contribution in [2.24, 2.45) is 0 Å². The first kappa shape index (κ1) is 16.0. The molecule has 0 radical (unpaired) electrons. The number of hydrogen-bond acceptors (Lipinski definition) is 4. The highest BCUT2D eigenvalue weighted by Crippen LogP contribution is 2.19. The molecule has 0 fully saturated rings. The molecule has 20 heavy (non-hydrogen) atoms. The number of rotatable bonds is 7. The number of hydrogen-bond donors (Lipinski definition) is 2. The molecule has 2 amide bonds. The largest absolute Gasteiger partial charge is 0.481 e. The molecule has 0 aliphatic carbocycles. The van der Waals surface area contributed by atoms with E-state index in [0.717, 1.165) is 0 Å². The van der Waals surface area contributed by atoms with Gasteiger partial charge < -0.3 is 20.1 Å². The van der Waals surface area contributed by atoms with E-state index in [0.29, 0.717) is 10.9 Å². The quantitative estimate of drug-likeness (QED) is 0.739. The SMILES string of the molecule is CN(CCC(=O)O)C(=O)NCCOc1ncccc1Cl. The molecule has 0 aromatic carbocycles. The molecule has 1 aromatic heterocycles. The van der Waals surface area contributed by atoms with Crippen LogP contribution < -0.4 is 10.1 Å². The van der Waals surface area contributed by atoms with Gasteiger partial charge in [-0.25, -0.2) is 9.78 Å². The van der Waals surface area contributed by atoms with Gasteiger partial charge in [0.1, 0.15) is 11.6 Å². The Morgan fingerprint density at radius 3 is 2.95 bits per heavy atom. The van der Waals surface area contributed by atoms with Crippen LogP contribution in [0.5, 0.6) is 5.88 Å². The summed E-state index contributed by atoms with van der Waals surface area (Å²) in [6, 6.07) is 2.98. The number of urea groups is 1. The normalized spacial score (nSPS) is 9.90. The number of carbonyl (C=O) groups is 2. The van der Waals surface area contributed by atoms with Crippen molar-refractivity contribution >= 4 is 23.6 Å². The number of aromatic nitrogens is 1. The van der Waals surface area contributed by atoms with Crippen LogP contribution in [-0.4, -0.2) is 53.7 Å². The van der Waals surface area contributed by atoms with Crippen molar-refractivity contribution in [3.8, 4) is 5.88 Å². The maximum Gasteiger partial charge on any atom is 0.317 e. The van der Waals surface area contributed by atoms with E-state index < -0.39 is 5.97 Å². The molecule has 0 bridgehead atoms. The maximum atomic E-state index is 11.6. The fraction of sp³-hybridized carbons (Fsp3) is 0.417. The number of pyridine rings is 1. The lowest BCUT2D eigenvalue weighted by molar-refractivity contribution is -0.137. The molecule has 1 heterocycles. The summed E-state index contributed by atoms with van der Waals surface area (Å²) in [7, 11) is 1.52. The molecular weight excluding hydrogens is 286 g/mol. The summed E-state index contributed by atoms with van der Waals surface area (Å²) in [4.78, 5) is 27.2. The lowest BCUT2D eigenvalue weighted by atomic mass is 10.4. The number of amides is 2. The van der Waals surface area contributed by atoms with Crippen LogP contribution in [0.2, 0.25) is 5.02 Å². The lowest BCUT2D eigenvalue weighted by Gasteiger charge is -2.16. The van der Waals surface area contributed by atoms with Gasteiger partial charge in [0.05, 0.1) is 13.0 Å². The molecule has 110 valence electrons. The van der Waals surface area contributed by atoms with E-state index in [4.69, 9.17) is 21.4 Å². The van der Waals surface area contributed by atoms with E-state index in [2.05, 4.69) is 10.3 Å². The van der Waals surface area contributed by atoms with Crippen molar-refractivity contribution in [2.75, 3.05) is 26.7 Å². The van der Waals surface area contributed by atoms with E-state index in [1.165, 1.54) is 11.9 Å². The Morgan fingerprint density at radius 1 is 1.55 bits per heavy atom. The van der Waals surface area contributed by atoms with E-state index in [-0.39, 0.29) is 32.1 Å². The van der Waals surface area contributed by atoms with Gasteiger partial charge in [0.2, 0.25) is 5.88 Å². The zero-order valence-electron chi connectivity index (χ0n) is 11.0. The van der Waals surface area contributed by atoms with Gasteiger partial charge in [0, 0.05) is 19.8 Å². The van der Waals surface area contributed by atoms with Gasteiger partial charge in [-0.2, -0.15) is 0 Å². The smallest absolute Gasteiger partial charge is 0.317 e. The highest BCUT2D eigenvalue weighted by atomic mass is 35.5. The third kappa shape index (κ3) is 5.75. The van der Waals surface area contributed by atoms with Gasteiger partial charge >= 0.3 is 12.0 Å². The van der Waals surface area contributed by atoms with Gasteiger partial charge in [-0.15, -0.1) is 0 Å². The first-order valence-corrected chi connectivity index (χ1v) is 6.32. The van der Waals surface area contributed by atoms with Crippen molar-refractivity contribution in [3.05, 3.63) is 23.4 Å². The molecule has 0 unspecified atom stereocenters. The zero-order chi connectivity index (χ0) is 15.0. The minimum atomic E-state index is -0.947. The van der Waals surface area contributed by atoms with Gasteiger partial charge in [0.25, 0.3) is 0 Å². The third-order valence-electron chi connectivity index (χ3n) is 2.35. The fourth-order valence-corrected chi connectivity index (χ4v) is 1.46. The van der Waals surface area contributed by atoms with Crippen LogP contribution in [0.15, 0.2) is 18.3 Å². The van der Waals surface area contributed by atoms with Crippen LogP contribution in [0.25, 0.3) is 0 Å². The van der Waals surface area contributed by atoms with Gasteiger partial charge in [-0.3, -0.25) is 4.79 Å². The molecule has 8 heteroatoms. The summed E-state index contributed by atoms with van der Waals surface area (Å²) >= 11 is 5.85. The minimum absolute atomic E-state index is 0.0933. The number of halogens is 1. The molecule has 0 aliphatic rings. The maximum absolute atomic E-state index is 11.6. The molecule has 1 rings (SSSR count). The molecule has 1 aromatic rings. The Bertz CT molecular complexity index is 470. The monoisotopic (exact) mass is 301 g/mol. The number of aliphatic carboxylic acids is 1. The van der Waals surface area contributed by atoms with Crippen molar-refractivity contribution < 1.29 is 19.4 Å². The van der Waals surface area contributed by atoms with Crippen molar-refractivity contribution in [3.63, 3.8) is 0 Å². The minimum Gasteiger partial charge on any atom is -0.481 e. The van der Waals surface area contributed by atoms with Crippen LogP contribution in [0.1, 0.15) is 6.42 Å². The number of carboxylic acids is 1. The Kier molecular flexibility index (Phi) is 6.58. The van der Waals surface area contributed by atoms with Crippen LogP contribution >= 0.6 is 11.6 Å². The standard InChI is InChI=1S/C12H16ClN3O4/c1-16(7-4-10(17)18)12(19)15-6-8-20-11-9(13)3-2-5-14-11/h2-3,5H,4,6-8H2,1H3,(H,15,19)(H,17,18). The second kappa shape index (κ2) is 8.21. The molecule has 0 saturated heterocycles. The molecule has 0 saturated carbocycles. The predicted octanol–water partition coefficient (Wildman–Crippen LogP) is 1.23. The topological polar surface area (TPSA) is 91.8 Å². The molecular formula is C12H16ClN3O4. The Hall–Kier alpha value is -2.02. The van der Waals surface area contributed by atoms with Crippen LogP contribution in [0.4, 0.5) is 4.79 Å². The van der Waals surface area contributed by atoms with Crippen molar-refractivity contribution in [2.45, 2.75) is 6.42 Å². The number of ether oxygens (including phenoxy) is 1.